The first-order valence-corrected chi connectivity index (χ1v) is 17.0. The lowest BCUT2D eigenvalue weighted by molar-refractivity contribution is 1.18. The highest BCUT2D eigenvalue weighted by Gasteiger charge is 2.22. The summed E-state index contributed by atoms with van der Waals surface area (Å²) in [5.41, 5.74) is 8.10. The highest BCUT2D eigenvalue weighted by molar-refractivity contribution is 7.09. The van der Waals surface area contributed by atoms with Crippen LogP contribution in [0.4, 0.5) is 0 Å². The summed E-state index contributed by atoms with van der Waals surface area (Å²) in [5.74, 6) is 0.760. The maximum absolute atomic E-state index is 5.37. The smallest absolute Gasteiger partial charge is 0.174 e. The first kappa shape index (κ1) is 27.1. The van der Waals surface area contributed by atoms with Crippen LogP contribution in [-0.4, -0.2) is 13.9 Å². The Balaban J connectivity index is 1.26. The Morgan fingerprint density at radius 3 is 1.73 bits per heavy atom. The van der Waals surface area contributed by atoms with Gasteiger partial charge in [0.1, 0.15) is 5.01 Å². The first-order valence-electron chi connectivity index (χ1n) is 16.2. The van der Waals surface area contributed by atoms with Crippen molar-refractivity contribution in [1.82, 2.24) is 13.9 Å². The Bertz CT molecular complexity index is 2770. The fourth-order valence-corrected chi connectivity index (χ4v) is 8.28. The molecule has 3 nitrogen and oxygen atoms in total. The minimum Gasteiger partial charge on any atom is -0.309 e. The molecule has 0 N–H and O–H groups in total. The number of nitrogens with zero attached hydrogens (tertiary/aromatic N) is 3. The normalized spacial score (nSPS) is 11.8. The number of rotatable bonds is 4. The summed E-state index contributed by atoms with van der Waals surface area (Å²) in [7, 11) is 0. The van der Waals surface area contributed by atoms with Crippen LogP contribution in [-0.2, 0) is 0 Å². The predicted molar refractivity (Wildman–Crippen MR) is 203 cm³/mol. The zero-order valence-electron chi connectivity index (χ0n) is 25.8. The second-order valence-corrected chi connectivity index (χ2v) is 12.9. The quantitative estimate of drug-likeness (QED) is 0.181. The molecule has 0 amide bonds. The number of hydrogen-bond acceptors (Lipinski definition) is 3. The molecule has 0 unspecified atom stereocenters. The largest absolute Gasteiger partial charge is 0.309 e. The molecule has 0 aliphatic rings. The maximum atomic E-state index is 5.37. The molecule has 0 saturated carbocycles. The van der Waals surface area contributed by atoms with Crippen molar-refractivity contribution in [1.29, 1.82) is 0 Å². The topological polar surface area (TPSA) is 30.7 Å². The van der Waals surface area contributed by atoms with Gasteiger partial charge in [-0.3, -0.25) is 0 Å². The molecule has 0 aliphatic heterocycles. The average Bonchev–Trinajstić information content (AvgIpc) is 3.78. The first-order chi connectivity index (χ1) is 23.8. The van der Waals surface area contributed by atoms with E-state index in [1.807, 2.05) is 0 Å². The molecule has 224 valence electrons. The Hall–Kier alpha value is -6.10. The molecule has 2 heterocycles. The summed E-state index contributed by atoms with van der Waals surface area (Å²) in [6.45, 7) is 0. The standard InChI is InChI=1S/C44H27N3S/c1-3-15-29(16-4-1)39-32-20-9-11-22-34(32)40(35-23-12-10-21-33(35)39)43-45-44(48-46-43)36-24-13-25-37-42(36)41-31-19-8-7-14-28(31)26-27-38(41)47(37)30-17-5-2-6-18-30/h1-27H. The summed E-state index contributed by atoms with van der Waals surface area (Å²) in [6.07, 6.45) is 0. The van der Waals surface area contributed by atoms with E-state index >= 15 is 0 Å². The summed E-state index contributed by atoms with van der Waals surface area (Å²) >= 11 is 1.48. The van der Waals surface area contributed by atoms with E-state index in [2.05, 4.69) is 168 Å². The summed E-state index contributed by atoms with van der Waals surface area (Å²) in [5, 5.41) is 10.5. The van der Waals surface area contributed by atoms with E-state index in [1.54, 1.807) is 0 Å². The van der Waals surface area contributed by atoms with Gasteiger partial charge >= 0.3 is 0 Å². The van der Waals surface area contributed by atoms with Crippen LogP contribution in [0.2, 0.25) is 0 Å². The highest BCUT2D eigenvalue weighted by Crippen LogP contribution is 2.45. The Labute approximate surface area is 281 Å². The third-order valence-corrected chi connectivity index (χ3v) is 10.3. The zero-order valence-corrected chi connectivity index (χ0v) is 26.7. The van der Waals surface area contributed by atoms with Crippen molar-refractivity contribution >= 4 is 65.7 Å². The number of para-hydroxylation sites is 1. The van der Waals surface area contributed by atoms with Crippen LogP contribution in [0, 0.1) is 0 Å². The summed E-state index contributed by atoms with van der Waals surface area (Å²) in [4.78, 5) is 5.37. The SMILES string of the molecule is c1ccc(-c2c3ccccc3c(-c3nsc(-c4cccc5c4c4c6ccccc6ccc4n5-c4ccccc4)n3)c3ccccc23)cc1. The lowest BCUT2D eigenvalue weighted by Gasteiger charge is -2.15. The molecule has 8 aromatic carbocycles. The molecule has 10 aromatic rings. The van der Waals surface area contributed by atoms with E-state index in [0.717, 1.165) is 43.9 Å². The zero-order chi connectivity index (χ0) is 31.6. The fraction of sp³-hybridized carbons (Fsp3) is 0. The Morgan fingerprint density at radius 2 is 1.02 bits per heavy atom. The molecule has 4 heteroatoms. The van der Waals surface area contributed by atoms with Crippen molar-refractivity contribution in [3.8, 4) is 38.8 Å². The molecule has 0 radical (unpaired) electrons. The van der Waals surface area contributed by atoms with E-state index in [-0.39, 0.29) is 0 Å². The second-order valence-electron chi connectivity index (χ2n) is 12.2. The predicted octanol–water partition coefficient (Wildman–Crippen LogP) is 12.1. The lowest BCUT2D eigenvalue weighted by Crippen LogP contribution is -1.93. The third-order valence-electron chi connectivity index (χ3n) is 9.57. The van der Waals surface area contributed by atoms with Gasteiger partial charge in [-0.1, -0.05) is 140 Å². The molecular formula is C44H27N3S. The van der Waals surface area contributed by atoms with Crippen molar-refractivity contribution in [2.24, 2.45) is 0 Å². The third kappa shape index (κ3) is 4.00. The summed E-state index contributed by atoms with van der Waals surface area (Å²) in [6, 6.07) is 58.4. The lowest BCUT2D eigenvalue weighted by atomic mass is 9.88. The van der Waals surface area contributed by atoms with Crippen molar-refractivity contribution in [3.05, 3.63) is 164 Å². The maximum Gasteiger partial charge on any atom is 0.174 e. The van der Waals surface area contributed by atoms with Crippen LogP contribution in [0.3, 0.4) is 0 Å². The van der Waals surface area contributed by atoms with Gasteiger partial charge in [-0.15, -0.1) is 0 Å². The summed E-state index contributed by atoms with van der Waals surface area (Å²) < 4.78 is 7.48. The van der Waals surface area contributed by atoms with Crippen molar-refractivity contribution in [2.75, 3.05) is 0 Å². The van der Waals surface area contributed by atoms with Crippen molar-refractivity contribution in [3.63, 3.8) is 0 Å². The molecule has 48 heavy (non-hydrogen) atoms. The van der Waals surface area contributed by atoms with Gasteiger partial charge in [0.15, 0.2) is 5.82 Å². The van der Waals surface area contributed by atoms with Crippen molar-refractivity contribution in [2.45, 2.75) is 0 Å². The fourth-order valence-electron chi connectivity index (χ4n) is 7.58. The van der Waals surface area contributed by atoms with Crippen LogP contribution < -0.4 is 0 Å². The average molecular weight is 630 g/mol. The van der Waals surface area contributed by atoms with Gasteiger partial charge in [-0.25, -0.2) is 4.98 Å². The molecular weight excluding hydrogens is 603 g/mol. The Morgan fingerprint density at radius 1 is 0.438 bits per heavy atom. The van der Waals surface area contributed by atoms with Gasteiger partial charge in [-0.2, -0.15) is 4.37 Å². The van der Waals surface area contributed by atoms with E-state index in [0.29, 0.717) is 0 Å². The second kappa shape index (κ2) is 10.7. The van der Waals surface area contributed by atoms with Crippen LogP contribution in [0.5, 0.6) is 0 Å². The van der Waals surface area contributed by atoms with Gasteiger partial charge in [0.25, 0.3) is 0 Å². The van der Waals surface area contributed by atoms with Gasteiger partial charge in [-0.05, 0) is 79.2 Å². The van der Waals surface area contributed by atoms with Crippen LogP contribution in [0.1, 0.15) is 0 Å². The number of benzene rings is 8. The number of fused-ring (bicyclic) bond motifs is 7. The van der Waals surface area contributed by atoms with E-state index in [9.17, 15) is 0 Å². The van der Waals surface area contributed by atoms with Gasteiger partial charge in [0, 0.05) is 27.6 Å². The molecule has 10 rings (SSSR count). The Kier molecular flexibility index (Phi) is 6.05. The number of aromatic nitrogens is 3. The molecule has 0 bridgehead atoms. The van der Waals surface area contributed by atoms with E-state index in [1.165, 1.54) is 60.5 Å². The molecule has 0 saturated heterocycles. The van der Waals surface area contributed by atoms with Gasteiger partial charge in [0.05, 0.1) is 11.0 Å². The molecule has 0 spiro atoms. The highest BCUT2D eigenvalue weighted by atomic mass is 32.1. The van der Waals surface area contributed by atoms with Crippen LogP contribution in [0.25, 0.3) is 92.9 Å². The van der Waals surface area contributed by atoms with Crippen LogP contribution in [0.15, 0.2) is 164 Å². The minimum atomic E-state index is 0.760. The van der Waals surface area contributed by atoms with Gasteiger partial charge in [0.2, 0.25) is 0 Å². The molecule has 0 fully saturated rings. The molecule has 2 aromatic heterocycles. The van der Waals surface area contributed by atoms with E-state index in [4.69, 9.17) is 9.36 Å². The van der Waals surface area contributed by atoms with Crippen molar-refractivity contribution < 1.29 is 0 Å². The molecule has 0 aliphatic carbocycles. The monoisotopic (exact) mass is 629 g/mol. The molecule has 0 atom stereocenters. The van der Waals surface area contributed by atoms with Crippen LogP contribution >= 0.6 is 11.5 Å². The number of hydrogen-bond donors (Lipinski definition) is 0. The van der Waals surface area contributed by atoms with E-state index < -0.39 is 0 Å². The minimum absolute atomic E-state index is 0.760. The van der Waals surface area contributed by atoms with Gasteiger partial charge < -0.3 is 4.57 Å².